The molecule has 0 spiro atoms. The molecule has 110 valence electrons. The molecule has 2 aromatic rings. The molecule has 1 aromatic carbocycles. The highest BCUT2D eigenvalue weighted by Gasteiger charge is 2.14. The van der Waals surface area contributed by atoms with Gasteiger partial charge in [0.05, 0.1) is 23.5 Å². The molecule has 2 rings (SSSR count). The summed E-state index contributed by atoms with van der Waals surface area (Å²) < 4.78 is 1.64. The number of carboxylic acid groups (broad SMARTS) is 1. The van der Waals surface area contributed by atoms with Crippen LogP contribution in [0.3, 0.4) is 0 Å². The number of amides is 2. The van der Waals surface area contributed by atoms with Crippen molar-refractivity contribution in [3.8, 4) is 0 Å². The van der Waals surface area contributed by atoms with Crippen LogP contribution in [0, 0.1) is 6.92 Å². The van der Waals surface area contributed by atoms with E-state index in [9.17, 15) is 9.59 Å². The zero-order valence-electron chi connectivity index (χ0n) is 11.8. The van der Waals surface area contributed by atoms with Gasteiger partial charge >= 0.3 is 12.0 Å². The minimum atomic E-state index is -1.08. The molecule has 0 atom stereocenters. The first kappa shape index (κ1) is 14.6. The van der Waals surface area contributed by atoms with E-state index in [0.717, 1.165) is 5.69 Å². The van der Waals surface area contributed by atoms with Gasteiger partial charge in [-0.15, -0.1) is 0 Å². The number of carboxylic acids is 1. The second kappa shape index (κ2) is 6.08. The predicted molar refractivity (Wildman–Crippen MR) is 77.2 cm³/mol. The number of hydrogen-bond acceptors (Lipinski definition) is 3. The molecule has 0 saturated carbocycles. The summed E-state index contributed by atoms with van der Waals surface area (Å²) in [6, 6.07) is 6.13. The monoisotopic (exact) mass is 288 g/mol. The zero-order chi connectivity index (χ0) is 15.4. The molecule has 1 heterocycles. The van der Waals surface area contributed by atoms with Crippen molar-refractivity contribution >= 4 is 17.7 Å². The number of nitrogens with one attached hydrogen (secondary N) is 2. The van der Waals surface area contributed by atoms with Gasteiger partial charge in [0.25, 0.3) is 0 Å². The Bertz CT molecular complexity index is 679. The molecule has 0 unspecified atom stereocenters. The minimum Gasteiger partial charge on any atom is -0.478 e. The molecule has 0 radical (unpaired) electrons. The number of carbonyl (C=O) groups excluding carboxylic acids is 1. The summed E-state index contributed by atoms with van der Waals surface area (Å²) in [5.41, 5.74) is 1.75. The van der Waals surface area contributed by atoms with Crippen molar-refractivity contribution in [2.75, 3.05) is 5.32 Å². The quantitative estimate of drug-likeness (QED) is 0.798. The molecular weight excluding hydrogens is 272 g/mol. The summed E-state index contributed by atoms with van der Waals surface area (Å²) in [6.45, 7) is 2.00. The number of hydrogen-bond donors (Lipinski definition) is 3. The van der Waals surface area contributed by atoms with E-state index in [4.69, 9.17) is 5.11 Å². The number of urea groups is 1. The van der Waals surface area contributed by atoms with Crippen LogP contribution in [0.2, 0.25) is 0 Å². The van der Waals surface area contributed by atoms with Crippen molar-refractivity contribution in [3.63, 3.8) is 0 Å². The van der Waals surface area contributed by atoms with Crippen LogP contribution in [0.4, 0.5) is 10.5 Å². The molecule has 7 heteroatoms. The third kappa shape index (κ3) is 3.59. The van der Waals surface area contributed by atoms with Crippen molar-refractivity contribution in [3.05, 3.63) is 47.3 Å². The Morgan fingerprint density at radius 3 is 2.71 bits per heavy atom. The fourth-order valence-corrected chi connectivity index (χ4v) is 1.90. The maximum atomic E-state index is 11.9. The Labute approximate surface area is 121 Å². The van der Waals surface area contributed by atoms with E-state index in [1.54, 1.807) is 43.0 Å². The zero-order valence-corrected chi connectivity index (χ0v) is 11.8. The Hall–Kier alpha value is -2.83. The first-order valence-electron chi connectivity index (χ1n) is 6.33. The van der Waals surface area contributed by atoms with Crippen LogP contribution in [0.1, 0.15) is 21.6 Å². The Balaban J connectivity index is 2.04. The molecule has 0 aliphatic rings. The number of aromatic nitrogens is 2. The number of para-hydroxylation sites is 1. The van der Waals surface area contributed by atoms with Crippen molar-refractivity contribution in [1.29, 1.82) is 0 Å². The molecule has 0 bridgehead atoms. The minimum absolute atomic E-state index is 0.0583. The van der Waals surface area contributed by atoms with Crippen LogP contribution in [-0.2, 0) is 13.6 Å². The van der Waals surface area contributed by atoms with Crippen LogP contribution < -0.4 is 10.6 Å². The van der Waals surface area contributed by atoms with E-state index in [0.29, 0.717) is 11.3 Å². The van der Waals surface area contributed by atoms with Gasteiger partial charge in [-0.2, -0.15) is 5.10 Å². The van der Waals surface area contributed by atoms with Crippen molar-refractivity contribution in [1.82, 2.24) is 15.1 Å². The van der Waals surface area contributed by atoms with E-state index >= 15 is 0 Å². The summed E-state index contributed by atoms with van der Waals surface area (Å²) in [5, 5.41) is 18.5. The number of carbonyl (C=O) groups is 2. The number of benzene rings is 1. The number of anilines is 1. The fourth-order valence-electron chi connectivity index (χ4n) is 1.90. The van der Waals surface area contributed by atoms with Gasteiger partial charge in [0.1, 0.15) is 0 Å². The summed E-state index contributed by atoms with van der Waals surface area (Å²) in [6.07, 6.45) is 1.78. The average Bonchev–Trinajstić information content (AvgIpc) is 2.84. The summed E-state index contributed by atoms with van der Waals surface area (Å²) in [4.78, 5) is 23.0. The standard InChI is InChI=1S/C14H16N4O3/c1-9-4-3-5-11(13(19)20)12(9)16-14(21)15-8-10-6-7-18(2)17-10/h3-7H,8H2,1-2H3,(H,19,20)(H2,15,16,21). The summed E-state index contributed by atoms with van der Waals surface area (Å²) in [5.74, 6) is -1.08. The maximum Gasteiger partial charge on any atom is 0.337 e. The van der Waals surface area contributed by atoms with E-state index in [2.05, 4.69) is 15.7 Å². The lowest BCUT2D eigenvalue weighted by molar-refractivity contribution is 0.0698. The summed E-state index contributed by atoms with van der Waals surface area (Å²) >= 11 is 0. The Morgan fingerprint density at radius 2 is 2.10 bits per heavy atom. The Kier molecular flexibility index (Phi) is 4.22. The SMILES string of the molecule is Cc1cccc(C(=O)O)c1NC(=O)NCc1ccn(C)n1. The van der Waals surface area contributed by atoms with Gasteiger partial charge in [-0.25, -0.2) is 9.59 Å². The van der Waals surface area contributed by atoms with E-state index in [-0.39, 0.29) is 12.1 Å². The van der Waals surface area contributed by atoms with E-state index in [1.807, 2.05) is 0 Å². The van der Waals surface area contributed by atoms with Gasteiger partial charge in [0.15, 0.2) is 0 Å². The molecule has 21 heavy (non-hydrogen) atoms. The fraction of sp³-hybridized carbons (Fsp3) is 0.214. The number of nitrogens with zero attached hydrogens (tertiary/aromatic N) is 2. The lowest BCUT2D eigenvalue weighted by Crippen LogP contribution is -2.29. The van der Waals surface area contributed by atoms with Gasteiger partial charge in [-0.3, -0.25) is 4.68 Å². The van der Waals surface area contributed by atoms with Gasteiger partial charge in [-0.1, -0.05) is 12.1 Å². The number of rotatable bonds is 4. The van der Waals surface area contributed by atoms with Gasteiger partial charge < -0.3 is 15.7 Å². The largest absolute Gasteiger partial charge is 0.478 e. The van der Waals surface area contributed by atoms with E-state index < -0.39 is 12.0 Å². The van der Waals surface area contributed by atoms with Crippen LogP contribution in [0.25, 0.3) is 0 Å². The molecule has 0 aliphatic carbocycles. The highest BCUT2D eigenvalue weighted by Crippen LogP contribution is 2.20. The lowest BCUT2D eigenvalue weighted by Gasteiger charge is -2.12. The van der Waals surface area contributed by atoms with Crippen molar-refractivity contribution in [2.24, 2.45) is 7.05 Å². The van der Waals surface area contributed by atoms with Crippen LogP contribution in [0.15, 0.2) is 30.5 Å². The maximum absolute atomic E-state index is 11.9. The third-order valence-electron chi connectivity index (χ3n) is 2.94. The first-order chi connectivity index (χ1) is 9.97. The molecule has 3 N–H and O–H groups in total. The second-order valence-electron chi connectivity index (χ2n) is 4.59. The Morgan fingerprint density at radius 1 is 1.33 bits per heavy atom. The normalized spacial score (nSPS) is 10.2. The van der Waals surface area contributed by atoms with Crippen molar-refractivity contribution < 1.29 is 14.7 Å². The highest BCUT2D eigenvalue weighted by molar-refractivity contribution is 6.00. The van der Waals surface area contributed by atoms with Gasteiger partial charge in [0, 0.05) is 13.2 Å². The first-order valence-corrected chi connectivity index (χ1v) is 6.33. The van der Waals surface area contributed by atoms with Crippen LogP contribution in [-0.4, -0.2) is 26.9 Å². The van der Waals surface area contributed by atoms with Crippen molar-refractivity contribution in [2.45, 2.75) is 13.5 Å². The van der Waals surface area contributed by atoms with E-state index in [1.165, 1.54) is 6.07 Å². The highest BCUT2D eigenvalue weighted by atomic mass is 16.4. The predicted octanol–water partition coefficient (Wildman–Crippen LogP) is 1.75. The topological polar surface area (TPSA) is 96.3 Å². The molecule has 0 aliphatic heterocycles. The van der Waals surface area contributed by atoms with Crippen LogP contribution >= 0.6 is 0 Å². The summed E-state index contributed by atoms with van der Waals surface area (Å²) in [7, 11) is 1.79. The molecule has 0 saturated heterocycles. The number of aromatic carboxylic acids is 1. The third-order valence-corrected chi connectivity index (χ3v) is 2.94. The van der Waals surface area contributed by atoms with Crippen LogP contribution in [0.5, 0.6) is 0 Å². The van der Waals surface area contributed by atoms with Gasteiger partial charge in [0.2, 0.25) is 0 Å². The lowest BCUT2D eigenvalue weighted by atomic mass is 10.1. The molecule has 7 nitrogen and oxygen atoms in total. The molecular formula is C14H16N4O3. The van der Waals surface area contributed by atoms with Gasteiger partial charge in [-0.05, 0) is 24.6 Å². The molecule has 0 fully saturated rings. The molecule has 2 amide bonds. The molecule has 1 aromatic heterocycles. The second-order valence-corrected chi connectivity index (χ2v) is 4.59. The average molecular weight is 288 g/mol. The smallest absolute Gasteiger partial charge is 0.337 e. The number of aryl methyl sites for hydroxylation is 2.